The Morgan fingerprint density at radius 1 is 1.64 bits per heavy atom. The molecule has 1 nitrogen and oxygen atoms in total. The highest BCUT2D eigenvalue weighted by Crippen LogP contribution is 2.29. The van der Waals surface area contributed by atoms with Crippen molar-refractivity contribution in [2.75, 3.05) is 0 Å². The Bertz CT molecular complexity index is 237. The number of hydrogen-bond donors (Lipinski definition) is 1. The van der Waals surface area contributed by atoms with E-state index in [1.807, 2.05) is 0 Å². The third-order valence-corrected chi connectivity index (χ3v) is 3.41. The van der Waals surface area contributed by atoms with E-state index in [4.69, 9.17) is 5.73 Å². The predicted molar refractivity (Wildman–Crippen MR) is 50.9 cm³/mol. The molecule has 0 radical (unpaired) electrons. The fourth-order valence-corrected chi connectivity index (χ4v) is 2.19. The molecule has 0 amide bonds. The maximum atomic E-state index is 6.09. The molecule has 1 aromatic heterocycles. The molecule has 0 aromatic carbocycles. The minimum absolute atomic E-state index is 0.127. The van der Waals surface area contributed by atoms with Gasteiger partial charge in [0.1, 0.15) is 0 Å². The van der Waals surface area contributed by atoms with Crippen molar-refractivity contribution in [2.24, 2.45) is 5.73 Å². The average molecular weight is 169 g/mol. The van der Waals surface area contributed by atoms with Gasteiger partial charge in [-0.2, -0.15) is 0 Å². The van der Waals surface area contributed by atoms with Crippen LogP contribution in [0.5, 0.6) is 0 Å². The van der Waals surface area contributed by atoms with Crippen LogP contribution in [-0.4, -0.2) is 0 Å². The van der Waals surface area contributed by atoms with E-state index in [9.17, 15) is 0 Å². The molecule has 0 aliphatic heterocycles. The Hall–Kier alpha value is -0.340. The highest BCUT2D eigenvalue weighted by atomic mass is 32.1. The van der Waals surface area contributed by atoms with Gasteiger partial charge in [0.2, 0.25) is 0 Å². The van der Waals surface area contributed by atoms with Gasteiger partial charge in [-0.15, -0.1) is 11.3 Å². The first kappa shape index (κ1) is 8.75. The third kappa shape index (κ3) is 1.63. The summed E-state index contributed by atoms with van der Waals surface area (Å²) in [6.45, 7) is 6.33. The SMILES string of the molecule is CC[C@](C)(N)c1sccc1C. The number of nitrogens with two attached hydrogens (primary N) is 1. The molecule has 0 bridgehead atoms. The lowest BCUT2D eigenvalue weighted by Gasteiger charge is -2.22. The largest absolute Gasteiger partial charge is 0.321 e. The summed E-state index contributed by atoms with van der Waals surface area (Å²) >= 11 is 1.76. The highest BCUT2D eigenvalue weighted by Gasteiger charge is 2.21. The molecule has 2 heteroatoms. The summed E-state index contributed by atoms with van der Waals surface area (Å²) < 4.78 is 0. The summed E-state index contributed by atoms with van der Waals surface area (Å²) in [5.74, 6) is 0. The second-order valence-electron chi connectivity index (χ2n) is 3.20. The Morgan fingerprint density at radius 3 is 2.64 bits per heavy atom. The van der Waals surface area contributed by atoms with Crippen LogP contribution in [0.1, 0.15) is 30.7 Å². The molecule has 62 valence electrons. The number of thiophene rings is 1. The first-order chi connectivity index (χ1) is 5.08. The maximum absolute atomic E-state index is 6.09. The highest BCUT2D eigenvalue weighted by molar-refractivity contribution is 7.10. The number of rotatable bonds is 2. The summed E-state index contributed by atoms with van der Waals surface area (Å²) in [6, 6.07) is 2.13. The quantitative estimate of drug-likeness (QED) is 0.723. The Balaban J connectivity index is 3.00. The van der Waals surface area contributed by atoms with E-state index in [-0.39, 0.29) is 5.54 Å². The zero-order chi connectivity index (χ0) is 8.48. The third-order valence-electron chi connectivity index (χ3n) is 2.12. The summed E-state index contributed by atoms with van der Waals surface area (Å²) in [5, 5.41) is 2.10. The Morgan fingerprint density at radius 2 is 2.27 bits per heavy atom. The smallest absolute Gasteiger partial charge is 0.0475 e. The predicted octanol–water partition coefficient (Wildman–Crippen LogP) is 2.64. The van der Waals surface area contributed by atoms with Crippen molar-refractivity contribution in [1.82, 2.24) is 0 Å². The molecule has 1 atom stereocenters. The van der Waals surface area contributed by atoms with E-state index in [2.05, 4.69) is 32.2 Å². The first-order valence-corrected chi connectivity index (χ1v) is 4.79. The van der Waals surface area contributed by atoms with Crippen LogP contribution in [0.4, 0.5) is 0 Å². The summed E-state index contributed by atoms with van der Waals surface area (Å²) in [5.41, 5.74) is 7.29. The number of hydrogen-bond acceptors (Lipinski definition) is 2. The van der Waals surface area contributed by atoms with E-state index in [0.717, 1.165) is 6.42 Å². The van der Waals surface area contributed by atoms with Crippen LogP contribution in [-0.2, 0) is 5.54 Å². The molecule has 0 unspecified atom stereocenters. The minimum atomic E-state index is -0.127. The summed E-state index contributed by atoms with van der Waals surface area (Å²) in [6.07, 6.45) is 0.994. The van der Waals surface area contributed by atoms with Crippen LogP contribution in [0.3, 0.4) is 0 Å². The molecule has 0 fully saturated rings. The van der Waals surface area contributed by atoms with Gasteiger partial charge in [-0.25, -0.2) is 0 Å². The van der Waals surface area contributed by atoms with E-state index >= 15 is 0 Å². The van der Waals surface area contributed by atoms with Crippen molar-refractivity contribution in [3.63, 3.8) is 0 Å². The molecular formula is C9H15NS. The van der Waals surface area contributed by atoms with Gasteiger partial charge in [-0.3, -0.25) is 0 Å². The molecule has 0 saturated carbocycles. The van der Waals surface area contributed by atoms with Crippen LogP contribution >= 0.6 is 11.3 Å². The van der Waals surface area contributed by atoms with Crippen LogP contribution in [0.15, 0.2) is 11.4 Å². The van der Waals surface area contributed by atoms with Gasteiger partial charge in [-0.05, 0) is 37.3 Å². The monoisotopic (exact) mass is 169 g/mol. The second kappa shape index (κ2) is 2.95. The van der Waals surface area contributed by atoms with E-state index < -0.39 is 0 Å². The molecule has 11 heavy (non-hydrogen) atoms. The lowest BCUT2D eigenvalue weighted by Crippen LogP contribution is -2.31. The van der Waals surface area contributed by atoms with E-state index in [1.54, 1.807) is 11.3 Å². The van der Waals surface area contributed by atoms with Gasteiger partial charge in [0.15, 0.2) is 0 Å². The van der Waals surface area contributed by atoms with Gasteiger partial charge in [0, 0.05) is 10.4 Å². The molecule has 1 heterocycles. The molecular weight excluding hydrogens is 154 g/mol. The van der Waals surface area contributed by atoms with Crippen molar-refractivity contribution in [1.29, 1.82) is 0 Å². The zero-order valence-electron chi connectivity index (χ0n) is 7.35. The lowest BCUT2D eigenvalue weighted by molar-refractivity contribution is 0.484. The number of aryl methyl sites for hydroxylation is 1. The molecule has 0 saturated heterocycles. The molecule has 2 N–H and O–H groups in total. The topological polar surface area (TPSA) is 26.0 Å². The standard InChI is InChI=1S/C9H15NS/c1-4-9(3,10)8-7(2)5-6-11-8/h5-6H,4,10H2,1-3H3/t9-/m0/s1. The van der Waals surface area contributed by atoms with Gasteiger partial charge in [0.05, 0.1) is 0 Å². The van der Waals surface area contributed by atoms with Crippen molar-refractivity contribution < 1.29 is 0 Å². The molecule has 0 aliphatic rings. The molecule has 0 spiro atoms. The van der Waals surface area contributed by atoms with Crippen molar-refractivity contribution in [3.8, 4) is 0 Å². The van der Waals surface area contributed by atoms with Crippen molar-refractivity contribution >= 4 is 11.3 Å². The van der Waals surface area contributed by atoms with Crippen molar-refractivity contribution in [2.45, 2.75) is 32.7 Å². The van der Waals surface area contributed by atoms with Crippen molar-refractivity contribution in [3.05, 3.63) is 21.9 Å². The fourth-order valence-electron chi connectivity index (χ4n) is 1.12. The molecule has 0 aliphatic carbocycles. The van der Waals surface area contributed by atoms with Gasteiger partial charge < -0.3 is 5.73 Å². The van der Waals surface area contributed by atoms with Gasteiger partial charge in [-0.1, -0.05) is 6.92 Å². The van der Waals surface area contributed by atoms with Crippen LogP contribution in [0.25, 0.3) is 0 Å². The average Bonchev–Trinajstić information content (AvgIpc) is 2.36. The molecule has 1 rings (SSSR count). The maximum Gasteiger partial charge on any atom is 0.0475 e. The van der Waals surface area contributed by atoms with E-state index in [0.29, 0.717) is 0 Å². The fraction of sp³-hybridized carbons (Fsp3) is 0.556. The minimum Gasteiger partial charge on any atom is -0.321 e. The zero-order valence-corrected chi connectivity index (χ0v) is 8.16. The van der Waals surface area contributed by atoms with Gasteiger partial charge in [0.25, 0.3) is 0 Å². The Labute approximate surface area is 72.2 Å². The first-order valence-electron chi connectivity index (χ1n) is 3.91. The summed E-state index contributed by atoms with van der Waals surface area (Å²) in [4.78, 5) is 1.32. The van der Waals surface area contributed by atoms with Crippen LogP contribution in [0, 0.1) is 6.92 Å². The summed E-state index contributed by atoms with van der Waals surface area (Å²) in [7, 11) is 0. The normalized spacial score (nSPS) is 16.4. The van der Waals surface area contributed by atoms with Crippen LogP contribution in [0.2, 0.25) is 0 Å². The van der Waals surface area contributed by atoms with Crippen LogP contribution < -0.4 is 5.73 Å². The Kier molecular flexibility index (Phi) is 2.35. The molecule has 1 aromatic rings. The second-order valence-corrected chi connectivity index (χ2v) is 4.12. The lowest BCUT2D eigenvalue weighted by atomic mass is 9.96. The van der Waals surface area contributed by atoms with E-state index in [1.165, 1.54) is 10.4 Å². The van der Waals surface area contributed by atoms with Gasteiger partial charge >= 0.3 is 0 Å².